The fraction of sp³-hybridized carbons (Fsp3) is 0.467. The van der Waals surface area contributed by atoms with E-state index in [1.54, 1.807) is 4.90 Å². The lowest BCUT2D eigenvalue weighted by molar-refractivity contribution is -0.115. The number of thiocarbonyl (C=S) groups is 1. The molecule has 1 amide bonds. The van der Waals surface area contributed by atoms with Crippen molar-refractivity contribution in [3.05, 3.63) is 29.8 Å². The Morgan fingerprint density at radius 1 is 1.21 bits per heavy atom. The van der Waals surface area contributed by atoms with Crippen LogP contribution in [0.4, 0.5) is 5.69 Å². The van der Waals surface area contributed by atoms with Crippen LogP contribution in [-0.2, 0) is 11.2 Å². The Morgan fingerprint density at radius 2 is 1.95 bits per heavy atom. The molecule has 2 rings (SSSR count). The Kier molecular flexibility index (Phi) is 5.40. The molecule has 0 bridgehead atoms. The zero-order chi connectivity index (χ0) is 13.7. The quantitative estimate of drug-likeness (QED) is 0.580. The molecule has 2 nitrogen and oxygen atoms in total. The standard InChI is InChI=1S/C15H19NOS2/c1-2-3-4-5-6-12-7-9-13(10-8-12)16-14(17)11-19-15(16)18/h7-10H,2-6,11H2,1H3. The van der Waals surface area contributed by atoms with E-state index in [4.69, 9.17) is 12.2 Å². The Hall–Kier alpha value is -0.870. The zero-order valence-electron chi connectivity index (χ0n) is 11.2. The van der Waals surface area contributed by atoms with Crippen molar-refractivity contribution >= 4 is 39.9 Å². The third-order valence-corrected chi connectivity index (χ3v) is 4.62. The summed E-state index contributed by atoms with van der Waals surface area (Å²) in [5.41, 5.74) is 2.24. The van der Waals surface area contributed by atoms with Gasteiger partial charge in [0.2, 0.25) is 5.91 Å². The highest BCUT2D eigenvalue weighted by Crippen LogP contribution is 2.27. The van der Waals surface area contributed by atoms with Crippen molar-refractivity contribution in [2.75, 3.05) is 10.7 Å². The van der Waals surface area contributed by atoms with E-state index in [1.807, 2.05) is 12.1 Å². The molecule has 0 aromatic heterocycles. The third-order valence-electron chi connectivity index (χ3n) is 3.26. The van der Waals surface area contributed by atoms with Crippen LogP contribution in [0.25, 0.3) is 0 Å². The minimum absolute atomic E-state index is 0.0886. The second-order valence-electron chi connectivity index (χ2n) is 4.76. The highest BCUT2D eigenvalue weighted by molar-refractivity contribution is 8.24. The average Bonchev–Trinajstić information content (AvgIpc) is 2.75. The Labute approximate surface area is 124 Å². The van der Waals surface area contributed by atoms with Crippen LogP contribution in [0.2, 0.25) is 0 Å². The molecule has 1 saturated heterocycles. The molecule has 0 N–H and O–H groups in total. The first-order chi connectivity index (χ1) is 9.22. The lowest BCUT2D eigenvalue weighted by Crippen LogP contribution is -2.27. The molecule has 1 aromatic rings. The first kappa shape index (κ1) is 14.5. The number of nitrogens with zero attached hydrogens (tertiary/aromatic N) is 1. The first-order valence-electron chi connectivity index (χ1n) is 6.81. The number of anilines is 1. The van der Waals surface area contributed by atoms with E-state index in [9.17, 15) is 4.79 Å². The van der Waals surface area contributed by atoms with Gasteiger partial charge in [-0.3, -0.25) is 9.69 Å². The summed E-state index contributed by atoms with van der Waals surface area (Å²) in [6, 6.07) is 8.23. The number of benzene rings is 1. The monoisotopic (exact) mass is 293 g/mol. The average molecular weight is 293 g/mol. The van der Waals surface area contributed by atoms with Gasteiger partial charge in [0.05, 0.1) is 11.4 Å². The van der Waals surface area contributed by atoms with Gasteiger partial charge >= 0.3 is 0 Å². The Balaban J connectivity index is 1.94. The fourth-order valence-electron chi connectivity index (χ4n) is 2.17. The van der Waals surface area contributed by atoms with E-state index in [0.717, 1.165) is 12.1 Å². The number of amides is 1. The van der Waals surface area contributed by atoms with E-state index in [1.165, 1.54) is 43.0 Å². The molecule has 4 heteroatoms. The molecule has 0 unspecified atom stereocenters. The maximum Gasteiger partial charge on any atom is 0.243 e. The summed E-state index contributed by atoms with van der Waals surface area (Å²) in [5, 5.41) is 0. The molecule has 19 heavy (non-hydrogen) atoms. The maximum atomic E-state index is 11.7. The first-order valence-corrected chi connectivity index (χ1v) is 8.20. The summed E-state index contributed by atoms with van der Waals surface area (Å²) in [6.07, 6.45) is 6.23. The number of carbonyl (C=O) groups excluding carboxylic acids is 1. The molecule has 1 fully saturated rings. The second-order valence-corrected chi connectivity index (χ2v) is 6.37. The van der Waals surface area contributed by atoms with Crippen LogP contribution in [0.5, 0.6) is 0 Å². The summed E-state index contributed by atoms with van der Waals surface area (Å²) < 4.78 is 0.667. The van der Waals surface area contributed by atoms with Gasteiger partial charge in [0, 0.05) is 0 Å². The fourth-order valence-corrected chi connectivity index (χ4v) is 3.27. The van der Waals surface area contributed by atoms with Gasteiger partial charge < -0.3 is 0 Å². The van der Waals surface area contributed by atoms with Crippen molar-refractivity contribution in [1.82, 2.24) is 0 Å². The van der Waals surface area contributed by atoms with Crippen LogP contribution < -0.4 is 4.90 Å². The van der Waals surface area contributed by atoms with Crippen LogP contribution in [-0.4, -0.2) is 16.0 Å². The molecular formula is C15H19NOS2. The van der Waals surface area contributed by atoms with Gasteiger partial charge in [0.1, 0.15) is 4.32 Å². The van der Waals surface area contributed by atoms with Crippen LogP contribution in [0.15, 0.2) is 24.3 Å². The molecule has 0 atom stereocenters. The van der Waals surface area contributed by atoms with Gasteiger partial charge in [-0.25, -0.2) is 0 Å². The highest BCUT2D eigenvalue weighted by Gasteiger charge is 2.27. The number of hydrogen-bond acceptors (Lipinski definition) is 3. The van der Waals surface area contributed by atoms with Crippen LogP contribution >= 0.6 is 24.0 Å². The van der Waals surface area contributed by atoms with Gasteiger partial charge in [-0.05, 0) is 30.5 Å². The number of aryl methyl sites for hydroxylation is 1. The lowest BCUT2D eigenvalue weighted by atomic mass is 10.1. The van der Waals surface area contributed by atoms with Crippen molar-refractivity contribution in [1.29, 1.82) is 0 Å². The number of thioether (sulfide) groups is 1. The smallest absolute Gasteiger partial charge is 0.243 e. The van der Waals surface area contributed by atoms with Crippen LogP contribution in [0.3, 0.4) is 0 Å². The number of carbonyl (C=O) groups is 1. The summed E-state index contributed by atoms with van der Waals surface area (Å²) in [5.74, 6) is 0.558. The van der Waals surface area contributed by atoms with Crippen molar-refractivity contribution in [2.24, 2.45) is 0 Å². The van der Waals surface area contributed by atoms with E-state index in [-0.39, 0.29) is 5.91 Å². The molecule has 0 spiro atoms. The van der Waals surface area contributed by atoms with Gasteiger partial charge in [0.15, 0.2) is 0 Å². The molecule has 1 heterocycles. The number of hydrogen-bond donors (Lipinski definition) is 0. The minimum Gasteiger partial charge on any atom is -0.273 e. The van der Waals surface area contributed by atoms with Gasteiger partial charge in [-0.2, -0.15) is 0 Å². The highest BCUT2D eigenvalue weighted by atomic mass is 32.2. The predicted octanol–water partition coefficient (Wildman–Crippen LogP) is 4.17. The summed E-state index contributed by atoms with van der Waals surface area (Å²) in [4.78, 5) is 13.4. The normalized spacial score (nSPS) is 15.3. The maximum absolute atomic E-state index is 11.7. The Bertz CT molecular complexity index is 440. The molecule has 0 saturated carbocycles. The zero-order valence-corrected chi connectivity index (χ0v) is 12.9. The predicted molar refractivity (Wildman–Crippen MR) is 86.8 cm³/mol. The molecule has 1 aliphatic rings. The van der Waals surface area contributed by atoms with Gasteiger partial charge in [0.25, 0.3) is 0 Å². The third kappa shape index (κ3) is 3.80. The van der Waals surface area contributed by atoms with Crippen LogP contribution in [0.1, 0.15) is 38.2 Å². The van der Waals surface area contributed by atoms with Crippen molar-refractivity contribution in [3.8, 4) is 0 Å². The Morgan fingerprint density at radius 3 is 2.53 bits per heavy atom. The molecule has 0 aliphatic carbocycles. The summed E-state index contributed by atoms with van der Waals surface area (Å²) in [6.45, 7) is 2.22. The topological polar surface area (TPSA) is 20.3 Å². The molecule has 1 aliphatic heterocycles. The number of unbranched alkanes of at least 4 members (excludes halogenated alkanes) is 3. The molecule has 0 radical (unpaired) electrons. The van der Waals surface area contributed by atoms with E-state index < -0.39 is 0 Å². The molecule has 1 aromatic carbocycles. The SMILES string of the molecule is CCCCCCc1ccc(N2C(=O)CSC2=S)cc1. The summed E-state index contributed by atoms with van der Waals surface area (Å²) in [7, 11) is 0. The van der Waals surface area contributed by atoms with E-state index in [2.05, 4.69) is 19.1 Å². The van der Waals surface area contributed by atoms with Gasteiger partial charge in [-0.1, -0.05) is 62.3 Å². The van der Waals surface area contributed by atoms with Crippen molar-refractivity contribution in [2.45, 2.75) is 39.0 Å². The van der Waals surface area contributed by atoms with E-state index in [0.29, 0.717) is 10.1 Å². The van der Waals surface area contributed by atoms with Crippen LogP contribution in [0, 0.1) is 0 Å². The lowest BCUT2D eigenvalue weighted by Gasteiger charge is -2.15. The molecule has 102 valence electrons. The van der Waals surface area contributed by atoms with Gasteiger partial charge in [-0.15, -0.1) is 0 Å². The second kappa shape index (κ2) is 7.06. The van der Waals surface area contributed by atoms with E-state index >= 15 is 0 Å². The largest absolute Gasteiger partial charge is 0.273 e. The van der Waals surface area contributed by atoms with Crippen molar-refractivity contribution in [3.63, 3.8) is 0 Å². The molecular weight excluding hydrogens is 274 g/mol. The van der Waals surface area contributed by atoms with Crippen molar-refractivity contribution < 1.29 is 4.79 Å². The number of rotatable bonds is 6. The minimum atomic E-state index is 0.0886. The summed E-state index contributed by atoms with van der Waals surface area (Å²) >= 11 is 6.64.